The molecule has 142 valence electrons. The molecule has 2 aromatic carbocycles. The number of carbonyl (C=O) groups is 2. The fourth-order valence-corrected chi connectivity index (χ4v) is 2.35. The van der Waals surface area contributed by atoms with Gasteiger partial charge < -0.3 is 24.3 Å². The van der Waals surface area contributed by atoms with Gasteiger partial charge in [-0.05, 0) is 35.9 Å². The summed E-state index contributed by atoms with van der Waals surface area (Å²) in [6, 6.07) is 9.98. The van der Waals surface area contributed by atoms with Gasteiger partial charge in [-0.15, -0.1) is 0 Å². The number of rotatable bonds is 7. The number of ether oxygens (including phenoxy) is 4. The second kappa shape index (κ2) is 9.28. The molecule has 0 unspecified atom stereocenters. The van der Waals surface area contributed by atoms with Crippen LogP contribution in [-0.4, -0.2) is 33.2 Å². The Morgan fingerprint density at radius 3 is 2.19 bits per heavy atom. The van der Waals surface area contributed by atoms with Crippen LogP contribution in [0.1, 0.15) is 12.5 Å². The van der Waals surface area contributed by atoms with Crippen LogP contribution in [0.5, 0.6) is 23.0 Å². The van der Waals surface area contributed by atoms with E-state index in [-0.39, 0.29) is 5.91 Å². The van der Waals surface area contributed by atoms with Crippen LogP contribution >= 0.6 is 0 Å². The third-order valence-electron chi connectivity index (χ3n) is 3.47. The summed E-state index contributed by atoms with van der Waals surface area (Å²) < 4.78 is 21.1. The van der Waals surface area contributed by atoms with E-state index in [2.05, 4.69) is 5.32 Å². The standard InChI is InChI=1S/C20H21NO6/c1-13(22)21-15-6-5-7-16(12-15)27-19(23)9-8-14-10-17(24-2)20(26-4)18(11-14)25-3/h5-12H,1-4H3,(H,21,22)/b9-8+. The molecule has 27 heavy (non-hydrogen) atoms. The molecule has 0 heterocycles. The van der Waals surface area contributed by atoms with Crippen molar-refractivity contribution in [3.8, 4) is 23.0 Å². The van der Waals surface area contributed by atoms with Gasteiger partial charge >= 0.3 is 5.97 Å². The maximum Gasteiger partial charge on any atom is 0.336 e. The summed E-state index contributed by atoms with van der Waals surface area (Å²) in [6.45, 7) is 1.40. The SMILES string of the molecule is COc1cc(/C=C/C(=O)Oc2cccc(NC(C)=O)c2)cc(OC)c1OC. The van der Waals surface area contributed by atoms with Crippen molar-refractivity contribution in [2.24, 2.45) is 0 Å². The Hall–Kier alpha value is -3.48. The van der Waals surface area contributed by atoms with E-state index in [1.165, 1.54) is 34.3 Å². The first kappa shape index (κ1) is 19.8. The molecule has 0 aromatic heterocycles. The Kier molecular flexibility index (Phi) is 6.82. The predicted molar refractivity (Wildman–Crippen MR) is 102 cm³/mol. The van der Waals surface area contributed by atoms with Crippen molar-refractivity contribution in [1.82, 2.24) is 0 Å². The molecule has 2 aromatic rings. The van der Waals surface area contributed by atoms with Gasteiger partial charge in [-0.25, -0.2) is 4.79 Å². The van der Waals surface area contributed by atoms with Crippen LogP contribution in [0.15, 0.2) is 42.5 Å². The molecule has 0 atom stereocenters. The topological polar surface area (TPSA) is 83.1 Å². The molecule has 0 aliphatic carbocycles. The quantitative estimate of drug-likeness (QED) is 0.457. The highest BCUT2D eigenvalue weighted by molar-refractivity contribution is 5.90. The zero-order valence-electron chi connectivity index (χ0n) is 15.6. The van der Waals surface area contributed by atoms with Crippen molar-refractivity contribution in [2.75, 3.05) is 26.6 Å². The van der Waals surface area contributed by atoms with Crippen molar-refractivity contribution in [3.63, 3.8) is 0 Å². The lowest BCUT2D eigenvalue weighted by Crippen LogP contribution is -2.07. The molecule has 7 heteroatoms. The van der Waals surface area contributed by atoms with Crippen LogP contribution in [0.3, 0.4) is 0 Å². The number of methoxy groups -OCH3 is 3. The maximum atomic E-state index is 12.1. The summed E-state index contributed by atoms with van der Waals surface area (Å²) in [4.78, 5) is 23.2. The normalized spacial score (nSPS) is 10.4. The molecule has 7 nitrogen and oxygen atoms in total. The molecule has 2 rings (SSSR count). The molecule has 0 saturated heterocycles. The van der Waals surface area contributed by atoms with E-state index in [1.807, 2.05) is 0 Å². The van der Waals surface area contributed by atoms with Gasteiger partial charge in [0.15, 0.2) is 11.5 Å². The van der Waals surface area contributed by atoms with E-state index in [9.17, 15) is 9.59 Å². The van der Waals surface area contributed by atoms with Crippen molar-refractivity contribution in [3.05, 3.63) is 48.0 Å². The lowest BCUT2D eigenvalue weighted by molar-refractivity contribution is -0.128. The smallest absolute Gasteiger partial charge is 0.336 e. The van der Waals surface area contributed by atoms with E-state index < -0.39 is 5.97 Å². The average molecular weight is 371 g/mol. The van der Waals surface area contributed by atoms with E-state index >= 15 is 0 Å². The van der Waals surface area contributed by atoms with Gasteiger partial charge in [0.25, 0.3) is 0 Å². The summed E-state index contributed by atoms with van der Waals surface area (Å²) in [6.07, 6.45) is 2.86. The highest BCUT2D eigenvalue weighted by Crippen LogP contribution is 2.38. The molecule has 0 radical (unpaired) electrons. The van der Waals surface area contributed by atoms with Gasteiger partial charge in [-0.2, -0.15) is 0 Å². The zero-order chi connectivity index (χ0) is 19.8. The summed E-state index contributed by atoms with van der Waals surface area (Å²) in [5.74, 6) is 0.973. The van der Waals surface area contributed by atoms with Gasteiger partial charge in [0, 0.05) is 24.8 Å². The van der Waals surface area contributed by atoms with E-state index in [1.54, 1.807) is 42.5 Å². The first-order chi connectivity index (χ1) is 13.0. The lowest BCUT2D eigenvalue weighted by atomic mass is 10.1. The lowest BCUT2D eigenvalue weighted by Gasteiger charge is -2.12. The monoisotopic (exact) mass is 371 g/mol. The third kappa shape index (κ3) is 5.50. The van der Waals surface area contributed by atoms with Gasteiger partial charge in [-0.1, -0.05) is 6.07 Å². The Balaban J connectivity index is 2.14. The fourth-order valence-electron chi connectivity index (χ4n) is 2.35. The summed E-state index contributed by atoms with van der Waals surface area (Å²) in [5.41, 5.74) is 1.22. The number of carbonyl (C=O) groups excluding carboxylic acids is 2. The summed E-state index contributed by atoms with van der Waals surface area (Å²) >= 11 is 0. The van der Waals surface area contributed by atoms with Crippen molar-refractivity contribution < 1.29 is 28.5 Å². The van der Waals surface area contributed by atoms with Crippen molar-refractivity contribution in [1.29, 1.82) is 0 Å². The number of esters is 1. The molecule has 1 amide bonds. The van der Waals surface area contributed by atoms with Crippen LogP contribution in [-0.2, 0) is 9.59 Å². The minimum Gasteiger partial charge on any atom is -0.493 e. The fraction of sp³-hybridized carbons (Fsp3) is 0.200. The number of hydrogen-bond donors (Lipinski definition) is 1. The van der Waals surface area contributed by atoms with Crippen LogP contribution in [0.2, 0.25) is 0 Å². The number of nitrogens with one attached hydrogen (secondary N) is 1. The van der Waals surface area contributed by atoms with Gasteiger partial charge in [0.1, 0.15) is 5.75 Å². The third-order valence-corrected chi connectivity index (χ3v) is 3.47. The average Bonchev–Trinajstić information content (AvgIpc) is 2.65. The Labute approximate surface area is 157 Å². The van der Waals surface area contributed by atoms with E-state index in [4.69, 9.17) is 18.9 Å². The van der Waals surface area contributed by atoms with E-state index in [0.717, 1.165) is 0 Å². The molecule has 0 aliphatic rings. The first-order valence-corrected chi connectivity index (χ1v) is 8.04. The van der Waals surface area contributed by atoms with Gasteiger partial charge in [0.05, 0.1) is 21.3 Å². The summed E-state index contributed by atoms with van der Waals surface area (Å²) in [7, 11) is 4.55. The van der Waals surface area contributed by atoms with Crippen LogP contribution in [0.25, 0.3) is 6.08 Å². The van der Waals surface area contributed by atoms with Crippen LogP contribution in [0.4, 0.5) is 5.69 Å². The minimum absolute atomic E-state index is 0.208. The van der Waals surface area contributed by atoms with Crippen molar-refractivity contribution >= 4 is 23.6 Å². The van der Waals surface area contributed by atoms with E-state index in [0.29, 0.717) is 34.2 Å². The highest BCUT2D eigenvalue weighted by atomic mass is 16.5. The number of amides is 1. The molecule has 0 bridgehead atoms. The second-order valence-corrected chi connectivity index (χ2v) is 5.42. The molecule has 1 N–H and O–H groups in total. The molecule has 0 saturated carbocycles. The van der Waals surface area contributed by atoms with Crippen LogP contribution in [0, 0.1) is 0 Å². The number of hydrogen-bond acceptors (Lipinski definition) is 6. The number of anilines is 1. The molecular weight excluding hydrogens is 350 g/mol. The summed E-state index contributed by atoms with van der Waals surface area (Å²) in [5, 5.41) is 2.62. The maximum absolute atomic E-state index is 12.1. The van der Waals surface area contributed by atoms with Crippen molar-refractivity contribution in [2.45, 2.75) is 6.92 Å². The second-order valence-electron chi connectivity index (χ2n) is 5.42. The molecule has 0 spiro atoms. The Morgan fingerprint density at radius 1 is 0.963 bits per heavy atom. The first-order valence-electron chi connectivity index (χ1n) is 8.04. The van der Waals surface area contributed by atoms with Crippen LogP contribution < -0.4 is 24.3 Å². The zero-order valence-corrected chi connectivity index (χ0v) is 15.6. The Morgan fingerprint density at radius 2 is 1.63 bits per heavy atom. The van der Waals surface area contributed by atoms with Gasteiger partial charge in [0.2, 0.25) is 11.7 Å². The Bertz CT molecular complexity index is 834. The largest absolute Gasteiger partial charge is 0.493 e. The predicted octanol–water partition coefficient (Wildman–Crippen LogP) is 3.29. The van der Waals surface area contributed by atoms with Gasteiger partial charge in [-0.3, -0.25) is 4.79 Å². The minimum atomic E-state index is -0.566. The molecule has 0 aliphatic heterocycles. The highest BCUT2D eigenvalue weighted by Gasteiger charge is 2.12. The number of benzene rings is 2. The molecule has 0 fully saturated rings. The molecular formula is C20H21NO6.